The Morgan fingerprint density at radius 3 is 2.74 bits per heavy atom. The van der Waals surface area contributed by atoms with Crippen LogP contribution in [0.5, 0.6) is 5.75 Å². The molecular formula is C12H7N3O4. The van der Waals surface area contributed by atoms with Crippen molar-refractivity contribution < 1.29 is 15.0 Å². The molecule has 3 rings (SSSR count). The van der Waals surface area contributed by atoms with Crippen LogP contribution in [0.2, 0.25) is 0 Å². The lowest BCUT2D eigenvalue weighted by molar-refractivity contribution is 0.0683. The molecule has 19 heavy (non-hydrogen) atoms. The van der Waals surface area contributed by atoms with Gasteiger partial charge in [-0.3, -0.25) is 4.79 Å². The van der Waals surface area contributed by atoms with Crippen molar-refractivity contribution in [1.82, 2.24) is 15.0 Å². The second-order valence-corrected chi connectivity index (χ2v) is 3.96. The Balaban J connectivity index is 2.44. The fraction of sp³-hybridized carbons (Fsp3) is 0. The SMILES string of the molecule is O=C(O)c1nc2nc3ccc(O)cc3cc2c(=O)[nH]1. The first kappa shape index (κ1) is 11.1. The van der Waals surface area contributed by atoms with Crippen molar-refractivity contribution in [2.75, 3.05) is 0 Å². The van der Waals surface area contributed by atoms with Crippen molar-refractivity contribution in [2.24, 2.45) is 0 Å². The summed E-state index contributed by atoms with van der Waals surface area (Å²) in [6.45, 7) is 0. The van der Waals surface area contributed by atoms with Crippen molar-refractivity contribution in [2.45, 2.75) is 0 Å². The van der Waals surface area contributed by atoms with E-state index in [1.54, 1.807) is 6.07 Å². The standard InChI is InChI=1S/C12H7N3O4/c16-6-1-2-8-5(3-6)4-7-9(13-8)14-10(12(18)19)15-11(7)17/h1-4,16H,(H,18,19)(H,13,14,15,17). The van der Waals surface area contributed by atoms with Gasteiger partial charge >= 0.3 is 5.97 Å². The highest BCUT2D eigenvalue weighted by atomic mass is 16.4. The van der Waals surface area contributed by atoms with Crippen LogP contribution in [0.25, 0.3) is 21.9 Å². The summed E-state index contributed by atoms with van der Waals surface area (Å²) in [5, 5.41) is 18.9. The van der Waals surface area contributed by atoms with E-state index in [-0.39, 0.29) is 16.8 Å². The van der Waals surface area contributed by atoms with Crippen LogP contribution in [0.4, 0.5) is 0 Å². The van der Waals surface area contributed by atoms with Gasteiger partial charge in [0.15, 0.2) is 5.65 Å². The molecule has 0 fully saturated rings. The Morgan fingerprint density at radius 1 is 1.21 bits per heavy atom. The molecule has 0 atom stereocenters. The van der Waals surface area contributed by atoms with Crippen LogP contribution < -0.4 is 5.56 Å². The highest BCUT2D eigenvalue weighted by Gasteiger charge is 2.11. The number of hydrogen-bond acceptors (Lipinski definition) is 5. The Morgan fingerprint density at radius 2 is 2.00 bits per heavy atom. The van der Waals surface area contributed by atoms with E-state index >= 15 is 0 Å². The number of carboxylic acid groups (broad SMARTS) is 1. The molecule has 0 saturated carbocycles. The molecule has 0 saturated heterocycles. The molecule has 2 heterocycles. The third-order valence-electron chi connectivity index (χ3n) is 2.68. The van der Waals surface area contributed by atoms with Gasteiger partial charge in [0.05, 0.1) is 10.9 Å². The average molecular weight is 257 g/mol. The van der Waals surface area contributed by atoms with E-state index in [0.717, 1.165) is 0 Å². The first-order valence-electron chi connectivity index (χ1n) is 5.32. The highest BCUT2D eigenvalue weighted by molar-refractivity contribution is 5.92. The molecular weight excluding hydrogens is 250 g/mol. The Hall–Kier alpha value is -2.96. The number of benzene rings is 1. The van der Waals surface area contributed by atoms with Gasteiger partial charge in [0.2, 0.25) is 5.82 Å². The van der Waals surface area contributed by atoms with Gasteiger partial charge in [-0.2, -0.15) is 0 Å². The third kappa shape index (κ3) is 1.77. The summed E-state index contributed by atoms with van der Waals surface area (Å²) in [7, 11) is 0. The first-order valence-corrected chi connectivity index (χ1v) is 5.32. The van der Waals surface area contributed by atoms with Crippen molar-refractivity contribution >= 4 is 27.9 Å². The molecule has 0 aliphatic rings. The lowest BCUT2D eigenvalue weighted by Gasteiger charge is -2.02. The number of carboxylic acids is 1. The molecule has 0 radical (unpaired) electrons. The van der Waals surface area contributed by atoms with Gasteiger partial charge in [-0.15, -0.1) is 0 Å². The topological polar surface area (TPSA) is 116 Å². The number of fused-ring (bicyclic) bond motifs is 2. The van der Waals surface area contributed by atoms with Crippen molar-refractivity contribution in [1.29, 1.82) is 0 Å². The van der Waals surface area contributed by atoms with Gasteiger partial charge < -0.3 is 15.2 Å². The van der Waals surface area contributed by atoms with Crippen LogP contribution >= 0.6 is 0 Å². The first-order chi connectivity index (χ1) is 9.04. The predicted molar refractivity (Wildman–Crippen MR) is 66.3 cm³/mol. The number of aromatic carboxylic acids is 1. The minimum Gasteiger partial charge on any atom is -0.508 e. The molecule has 3 N–H and O–H groups in total. The largest absolute Gasteiger partial charge is 0.508 e. The molecule has 0 aliphatic carbocycles. The Bertz CT molecular complexity index is 885. The van der Waals surface area contributed by atoms with Gasteiger partial charge in [-0.05, 0) is 24.3 Å². The number of aromatic nitrogens is 3. The fourth-order valence-electron chi connectivity index (χ4n) is 1.82. The van der Waals surface area contributed by atoms with E-state index in [1.807, 2.05) is 0 Å². The molecule has 0 amide bonds. The zero-order valence-corrected chi connectivity index (χ0v) is 9.41. The normalized spacial score (nSPS) is 10.9. The van der Waals surface area contributed by atoms with E-state index in [4.69, 9.17) is 5.11 Å². The highest BCUT2D eigenvalue weighted by Crippen LogP contribution is 2.20. The third-order valence-corrected chi connectivity index (χ3v) is 2.68. The molecule has 94 valence electrons. The molecule has 0 unspecified atom stereocenters. The summed E-state index contributed by atoms with van der Waals surface area (Å²) >= 11 is 0. The van der Waals surface area contributed by atoms with Crippen LogP contribution in [0.1, 0.15) is 10.6 Å². The van der Waals surface area contributed by atoms with Crippen molar-refractivity contribution in [3.8, 4) is 5.75 Å². The molecule has 7 heteroatoms. The molecule has 1 aromatic carbocycles. The number of H-pyrrole nitrogens is 1. The lowest BCUT2D eigenvalue weighted by Crippen LogP contribution is -2.16. The monoisotopic (exact) mass is 257 g/mol. The second-order valence-electron chi connectivity index (χ2n) is 3.96. The predicted octanol–water partition coefficient (Wildman–Crippen LogP) is 0.875. The van der Waals surface area contributed by atoms with Crippen molar-refractivity contribution in [3.05, 3.63) is 40.4 Å². The van der Waals surface area contributed by atoms with E-state index in [9.17, 15) is 14.7 Å². The number of pyridine rings is 1. The maximum atomic E-state index is 11.8. The number of aromatic amines is 1. The van der Waals surface area contributed by atoms with Crippen LogP contribution in [0.15, 0.2) is 29.1 Å². The van der Waals surface area contributed by atoms with Gasteiger partial charge in [0, 0.05) is 5.39 Å². The van der Waals surface area contributed by atoms with E-state index in [1.165, 1.54) is 18.2 Å². The number of carbonyl (C=O) groups is 1. The lowest BCUT2D eigenvalue weighted by atomic mass is 10.2. The van der Waals surface area contributed by atoms with Crippen molar-refractivity contribution in [3.63, 3.8) is 0 Å². The summed E-state index contributed by atoms with van der Waals surface area (Å²) in [6, 6.07) is 5.99. The van der Waals surface area contributed by atoms with E-state index < -0.39 is 17.4 Å². The summed E-state index contributed by atoms with van der Waals surface area (Å²) in [5.41, 5.74) is -0.0146. The summed E-state index contributed by atoms with van der Waals surface area (Å²) in [5.74, 6) is -1.73. The van der Waals surface area contributed by atoms with Crippen LogP contribution in [0, 0.1) is 0 Å². The van der Waals surface area contributed by atoms with Crippen LogP contribution in [-0.4, -0.2) is 31.1 Å². The summed E-state index contributed by atoms with van der Waals surface area (Å²) in [4.78, 5) is 32.6. The Labute approximate surface area is 105 Å². The number of phenolic OH excluding ortho intramolecular Hbond substituents is 1. The van der Waals surface area contributed by atoms with Gasteiger partial charge in [0.1, 0.15) is 5.75 Å². The average Bonchev–Trinajstić information content (AvgIpc) is 2.36. The number of hydrogen-bond donors (Lipinski definition) is 3. The number of nitrogens with one attached hydrogen (secondary N) is 1. The van der Waals surface area contributed by atoms with Crippen LogP contribution in [0.3, 0.4) is 0 Å². The maximum absolute atomic E-state index is 11.8. The molecule has 0 spiro atoms. The van der Waals surface area contributed by atoms with Crippen LogP contribution in [-0.2, 0) is 0 Å². The number of aromatic hydroxyl groups is 1. The summed E-state index contributed by atoms with van der Waals surface area (Å²) in [6.07, 6.45) is 0. The smallest absolute Gasteiger partial charge is 0.372 e. The minimum atomic E-state index is -1.33. The second kappa shape index (κ2) is 3.77. The number of phenols is 1. The molecule has 0 aliphatic heterocycles. The summed E-state index contributed by atoms with van der Waals surface area (Å²) < 4.78 is 0. The quantitative estimate of drug-likeness (QED) is 0.557. The van der Waals surface area contributed by atoms with E-state index in [2.05, 4.69) is 15.0 Å². The fourth-order valence-corrected chi connectivity index (χ4v) is 1.82. The van der Waals surface area contributed by atoms with E-state index in [0.29, 0.717) is 10.9 Å². The zero-order valence-electron chi connectivity index (χ0n) is 9.41. The molecule has 2 aromatic heterocycles. The molecule has 3 aromatic rings. The zero-order chi connectivity index (χ0) is 13.6. The Kier molecular flexibility index (Phi) is 2.21. The minimum absolute atomic E-state index is 0.0549. The van der Waals surface area contributed by atoms with Gasteiger partial charge in [-0.25, -0.2) is 14.8 Å². The van der Waals surface area contributed by atoms with Gasteiger partial charge in [-0.1, -0.05) is 0 Å². The number of rotatable bonds is 1. The molecule has 0 bridgehead atoms. The molecule has 7 nitrogen and oxygen atoms in total. The number of nitrogens with zero attached hydrogens (tertiary/aromatic N) is 2. The van der Waals surface area contributed by atoms with Gasteiger partial charge in [0.25, 0.3) is 5.56 Å². The maximum Gasteiger partial charge on any atom is 0.372 e.